The third-order valence-corrected chi connectivity index (χ3v) is 6.23. The van der Waals surface area contributed by atoms with Crippen molar-refractivity contribution >= 4 is 11.8 Å². The predicted molar refractivity (Wildman–Crippen MR) is 113 cm³/mol. The number of piperazine rings is 1. The molecule has 0 unspecified atom stereocenters. The van der Waals surface area contributed by atoms with Gasteiger partial charge >= 0.3 is 0 Å². The first-order valence-corrected chi connectivity index (χ1v) is 10.5. The predicted octanol–water partition coefficient (Wildman–Crippen LogP) is 3.58. The largest absolute Gasteiger partial charge is 0.380 e. The number of alkyl halides is 2. The van der Waals surface area contributed by atoms with E-state index < -0.39 is 11.5 Å². The summed E-state index contributed by atoms with van der Waals surface area (Å²) in [6.07, 6.45) is 1.02. The first kappa shape index (κ1) is 21.4. The molecule has 5 nitrogen and oxygen atoms in total. The van der Waals surface area contributed by atoms with Crippen LogP contribution in [-0.2, 0) is 10.7 Å². The lowest BCUT2D eigenvalue weighted by Gasteiger charge is -2.35. The van der Waals surface area contributed by atoms with Crippen LogP contribution in [0.3, 0.4) is 0 Å². The first-order chi connectivity index (χ1) is 14.6. The lowest BCUT2D eigenvalue weighted by molar-refractivity contribution is -0.143. The third-order valence-electron chi connectivity index (χ3n) is 6.23. The summed E-state index contributed by atoms with van der Waals surface area (Å²) >= 11 is 0. The van der Waals surface area contributed by atoms with Gasteiger partial charge < -0.3 is 14.9 Å². The minimum Gasteiger partial charge on any atom is -0.380 e. The Hall–Kier alpha value is -2.80. The van der Waals surface area contributed by atoms with Gasteiger partial charge in [0.15, 0.2) is 0 Å². The molecule has 0 spiro atoms. The van der Waals surface area contributed by atoms with Crippen molar-refractivity contribution in [1.29, 1.82) is 0 Å². The summed E-state index contributed by atoms with van der Waals surface area (Å²) in [5, 5.41) is 9.99. The molecule has 0 radical (unpaired) electrons. The summed E-state index contributed by atoms with van der Waals surface area (Å²) < 4.78 is 27.7. The van der Waals surface area contributed by atoms with Gasteiger partial charge in [0.05, 0.1) is 0 Å². The Morgan fingerprint density at radius 2 is 1.55 bits per heavy atom. The average molecular weight is 428 g/mol. The van der Waals surface area contributed by atoms with Crippen LogP contribution >= 0.6 is 0 Å². The summed E-state index contributed by atoms with van der Waals surface area (Å²) in [5.41, 5.74) is 1.33. The standard InChI is InChI=1S/C24H26F2N2O3/c1-16-19(4-3-5-20(16)23(2,25)26)17-6-8-18(9-7-17)21(29)27-12-14-28(15-13-27)22(30)24(31)10-11-24/h3-9,31H,10-15H2,1-2H3. The topological polar surface area (TPSA) is 60.9 Å². The summed E-state index contributed by atoms with van der Waals surface area (Å²) in [6, 6.07) is 11.8. The van der Waals surface area contributed by atoms with Gasteiger partial charge in [-0.3, -0.25) is 9.59 Å². The molecule has 0 bridgehead atoms. The molecule has 0 atom stereocenters. The highest BCUT2D eigenvalue weighted by atomic mass is 19.3. The molecule has 0 aromatic heterocycles. The molecule has 4 rings (SSSR count). The molecule has 1 saturated carbocycles. The van der Waals surface area contributed by atoms with E-state index in [2.05, 4.69) is 0 Å². The SMILES string of the molecule is Cc1c(-c2ccc(C(=O)N3CCN(C(=O)C4(O)CC4)CC3)cc2)cccc1C(C)(F)F. The Kier molecular flexibility index (Phi) is 5.33. The monoisotopic (exact) mass is 428 g/mol. The number of carbonyl (C=O) groups is 2. The van der Waals surface area contributed by atoms with Crippen molar-refractivity contribution in [3.05, 3.63) is 59.2 Å². The van der Waals surface area contributed by atoms with E-state index in [1.807, 2.05) is 0 Å². The molecule has 2 aromatic carbocycles. The number of halogens is 2. The second-order valence-electron chi connectivity index (χ2n) is 8.56. The van der Waals surface area contributed by atoms with Crippen molar-refractivity contribution < 1.29 is 23.5 Å². The first-order valence-electron chi connectivity index (χ1n) is 10.5. The van der Waals surface area contributed by atoms with Crippen molar-refractivity contribution in [1.82, 2.24) is 9.80 Å². The molecule has 2 amide bonds. The highest BCUT2D eigenvalue weighted by Gasteiger charge is 2.50. The lowest BCUT2D eigenvalue weighted by atomic mass is 9.93. The van der Waals surface area contributed by atoms with E-state index in [1.165, 1.54) is 6.07 Å². The zero-order valence-corrected chi connectivity index (χ0v) is 17.7. The zero-order valence-electron chi connectivity index (χ0n) is 17.7. The van der Waals surface area contributed by atoms with Crippen LogP contribution in [0.25, 0.3) is 11.1 Å². The molecular weight excluding hydrogens is 402 g/mol. The molecule has 7 heteroatoms. The number of nitrogens with zero attached hydrogens (tertiary/aromatic N) is 2. The highest BCUT2D eigenvalue weighted by molar-refractivity contribution is 5.95. The van der Waals surface area contributed by atoms with Gasteiger partial charge in [0.2, 0.25) is 0 Å². The smallest absolute Gasteiger partial charge is 0.270 e. The summed E-state index contributed by atoms with van der Waals surface area (Å²) in [7, 11) is 0. The molecule has 1 saturated heterocycles. The number of benzene rings is 2. The number of amides is 2. The van der Waals surface area contributed by atoms with E-state index >= 15 is 0 Å². The van der Waals surface area contributed by atoms with Crippen molar-refractivity contribution in [2.75, 3.05) is 26.2 Å². The molecule has 1 heterocycles. The molecule has 31 heavy (non-hydrogen) atoms. The Morgan fingerprint density at radius 3 is 2.10 bits per heavy atom. The van der Waals surface area contributed by atoms with E-state index in [4.69, 9.17) is 0 Å². The second kappa shape index (κ2) is 7.71. The fraction of sp³-hybridized carbons (Fsp3) is 0.417. The fourth-order valence-corrected chi connectivity index (χ4v) is 4.14. The van der Waals surface area contributed by atoms with E-state index in [9.17, 15) is 23.5 Å². The summed E-state index contributed by atoms with van der Waals surface area (Å²) in [5.74, 6) is -3.29. The number of carbonyl (C=O) groups excluding carboxylic acids is 2. The van der Waals surface area contributed by atoms with Gasteiger partial charge in [0, 0.05) is 44.2 Å². The van der Waals surface area contributed by atoms with Crippen LogP contribution in [0.5, 0.6) is 0 Å². The van der Waals surface area contributed by atoms with Gasteiger partial charge in [0.25, 0.3) is 17.7 Å². The Balaban J connectivity index is 1.44. The molecule has 164 valence electrons. The maximum absolute atomic E-state index is 13.8. The van der Waals surface area contributed by atoms with Crippen LogP contribution in [0.1, 0.15) is 41.3 Å². The molecule has 2 aromatic rings. The third kappa shape index (κ3) is 4.19. The van der Waals surface area contributed by atoms with Crippen LogP contribution in [-0.4, -0.2) is 58.5 Å². The normalized spacial score (nSPS) is 18.1. The lowest BCUT2D eigenvalue weighted by Crippen LogP contribution is -2.53. The fourth-order valence-electron chi connectivity index (χ4n) is 4.14. The molecular formula is C24H26F2N2O3. The van der Waals surface area contributed by atoms with Gasteiger partial charge in [-0.25, -0.2) is 8.78 Å². The Labute approximate surface area is 180 Å². The minimum atomic E-state index is -2.92. The number of hydrogen-bond donors (Lipinski definition) is 1. The number of aliphatic hydroxyl groups is 1. The van der Waals surface area contributed by atoms with Gasteiger partial charge in [-0.2, -0.15) is 0 Å². The molecule has 2 aliphatic rings. The molecule has 1 aliphatic carbocycles. The van der Waals surface area contributed by atoms with E-state index in [1.54, 1.807) is 53.1 Å². The van der Waals surface area contributed by atoms with Crippen molar-refractivity contribution in [2.24, 2.45) is 0 Å². The highest BCUT2D eigenvalue weighted by Crippen LogP contribution is 2.37. The Bertz CT molecular complexity index is 1000. The summed E-state index contributed by atoms with van der Waals surface area (Å²) in [6.45, 7) is 4.20. The quantitative estimate of drug-likeness (QED) is 0.810. The maximum Gasteiger partial charge on any atom is 0.270 e. The second-order valence-corrected chi connectivity index (χ2v) is 8.56. The van der Waals surface area contributed by atoms with Gasteiger partial charge in [-0.05, 0) is 48.6 Å². The van der Waals surface area contributed by atoms with Crippen LogP contribution in [0.15, 0.2) is 42.5 Å². The van der Waals surface area contributed by atoms with Gasteiger partial charge in [-0.1, -0.05) is 30.3 Å². The number of hydrogen-bond acceptors (Lipinski definition) is 3. The van der Waals surface area contributed by atoms with Crippen LogP contribution in [0.2, 0.25) is 0 Å². The number of rotatable bonds is 4. The molecule has 2 fully saturated rings. The van der Waals surface area contributed by atoms with Crippen LogP contribution in [0, 0.1) is 6.92 Å². The van der Waals surface area contributed by atoms with Crippen molar-refractivity contribution in [2.45, 2.75) is 38.2 Å². The van der Waals surface area contributed by atoms with Gasteiger partial charge in [-0.15, -0.1) is 0 Å². The molecule has 1 N–H and O–H groups in total. The van der Waals surface area contributed by atoms with Crippen LogP contribution < -0.4 is 0 Å². The minimum absolute atomic E-state index is 0.00609. The van der Waals surface area contributed by atoms with Gasteiger partial charge in [0.1, 0.15) is 5.60 Å². The average Bonchev–Trinajstić information content (AvgIpc) is 3.51. The van der Waals surface area contributed by atoms with E-state index in [0.29, 0.717) is 55.7 Å². The maximum atomic E-state index is 13.8. The van der Waals surface area contributed by atoms with Crippen molar-refractivity contribution in [3.63, 3.8) is 0 Å². The van der Waals surface area contributed by atoms with E-state index in [-0.39, 0.29) is 17.4 Å². The van der Waals surface area contributed by atoms with Crippen LogP contribution in [0.4, 0.5) is 8.78 Å². The van der Waals surface area contributed by atoms with Crippen molar-refractivity contribution in [3.8, 4) is 11.1 Å². The summed E-state index contributed by atoms with van der Waals surface area (Å²) in [4.78, 5) is 28.4. The molecule has 1 aliphatic heterocycles. The van der Waals surface area contributed by atoms with E-state index in [0.717, 1.165) is 12.5 Å². The Morgan fingerprint density at radius 1 is 0.968 bits per heavy atom. The zero-order chi connectivity index (χ0) is 22.4.